The molecule has 0 saturated heterocycles. The zero-order valence-corrected chi connectivity index (χ0v) is 14.9. The van der Waals surface area contributed by atoms with Crippen LogP contribution in [-0.4, -0.2) is 32.9 Å². The molecule has 0 atom stereocenters. The maximum absolute atomic E-state index is 12.7. The predicted octanol–water partition coefficient (Wildman–Crippen LogP) is 2.97. The van der Waals surface area contributed by atoms with Gasteiger partial charge >= 0.3 is 0 Å². The summed E-state index contributed by atoms with van der Waals surface area (Å²) in [4.78, 5) is 32.4. The lowest BCUT2D eigenvalue weighted by Crippen LogP contribution is -2.29. The third kappa shape index (κ3) is 3.48. The molecule has 3 aromatic rings. The molecule has 134 valence electrons. The van der Waals surface area contributed by atoms with Crippen LogP contribution >= 0.6 is 11.6 Å². The Morgan fingerprint density at radius 2 is 2.15 bits per heavy atom. The summed E-state index contributed by atoms with van der Waals surface area (Å²) >= 11 is 6.11. The van der Waals surface area contributed by atoms with Crippen LogP contribution in [0.2, 0.25) is 5.02 Å². The molecule has 0 spiro atoms. The molecule has 0 bridgehead atoms. The lowest BCUT2D eigenvalue weighted by Gasteiger charge is -2.18. The smallest absolute Gasteiger partial charge is 0.294 e. The molecule has 3 rings (SSSR count). The number of hydrogen-bond acceptors (Lipinski definition) is 5. The number of benzene rings is 1. The minimum Gasteiger partial charge on any atom is -0.501 e. The van der Waals surface area contributed by atoms with E-state index in [4.69, 9.17) is 16.0 Å². The molecule has 2 N–H and O–H groups in total. The van der Waals surface area contributed by atoms with Crippen molar-refractivity contribution < 1.29 is 14.3 Å². The van der Waals surface area contributed by atoms with Crippen LogP contribution in [0.5, 0.6) is 5.75 Å². The number of nitrogens with one attached hydrogen (secondary N) is 1. The van der Waals surface area contributed by atoms with Gasteiger partial charge in [-0.3, -0.25) is 9.59 Å². The number of furan rings is 1. The number of carbonyl (C=O) groups excluding carboxylic acids is 1. The van der Waals surface area contributed by atoms with E-state index in [0.29, 0.717) is 5.02 Å². The number of nitrogens with zero attached hydrogens (tertiary/aromatic N) is 2. The lowest BCUT2D eigenvalue weighted by atomic mass is 10.1. The van der Waals surface area contributed by atoms with Crippen molar-refractivity contribution in [2.75, 3.05) is 7.05 Å². The summed E-state index contributed by atoms with van der Waals surface area (Å²) in [5, 5.41) is 10.6. The van der Waals surface area contributed by atoms with E-state index in [-0.39, 0.29) is 23.8 Å². The summed E-state index contributed by atoms with van der Waals surface area (Å²) in [7, 11) is 1.55. The minimum atomic E-state index is -0.818. The van der Waals surface area contributed by atoms with Crippen molar-refractivity contribution in [3.8, 4) is 17.3 Å². The van der Waals surface area contributed by atoms with Gasteiger partial charge in [-0.15, -0.1) is 0 Å². The highest BCUT2D eigenvalue weighted by molar-refractivity contribution is 6.31. The molecule has 0 aliphatic carbocycles. The van der Waals surface area contributed by atoms with Gasteiger partial charge in [0.15, 0.2) is 17.3 Å². The normalized spacial score (nSPS) is 10.7. The number of aromatic nitrogens is 2. The Morgan fingerprint density at radius 1 is 1.38 bits per heavy atom. The molecule has 0 saturated carbocycles. The van der Waals surface area contributed by atoms with Gasteiger partial charge in [0.1, 0.15) is 0 Å². The molecule has 0 aliphatic rings. The van der Waals surface area contributed by atoms with Crippen LogP contribution in [0.15, 0.2) is 45.8 Å². The van der Waals surface area contributed by atoms with E-state index in [2.05, 4.69) is 9.97 Å². The van der Waals surface area contributed by atoms with Crippen LogP contribution in [0.3, 0.4) is 0 Å². The molecule has 0 radical (unpaired) electrons. The number of hydrogen-bond donors (Lipinski definition) is 2. The minimum absolute atomic E-state index is 0.0629. The number of H-pyrrole nitrogens is 1. The van der Waals surface area contributed by atoms with Crippen molar-refractivity contribution in [1.82, 2.24) is 14.9 Å². The molecule has 2 heterocycles. The van der Waals surface area contributed by atoms with Crippen molar-refractivity contribution >= 4 is 17.5 Å². The Labute approximate surface area is 153 Å². The number of amides is 1. The molecular weight excluding hydrogens is 358 g/mol. The zero-order valence-electron chi connectivity index (χ0n) is 14.1. The van der Waals surface area contributed by atoms with Crippen molar-refractivity contribution in [2.45, 2.75) is 13.5 Å². The van der Waals surface area contributed by atoms with Gasteiger partial charge in [0, 0.05) is 18.6 Å². The average molecular weight is 374 g/mol. The second-order valence-electron chi connectivity index (χ2n) is 5.83. The quantitative estimate of drug-likeness (QED) is 0.732. The number of aromatic amines is 1. The highest BCUT2D eigenvalue weighted by Gasteiger charge is 2.22. The molecular formula is C18H16ClN3O4. The first-order chi connectivity index (χ1) is 12.4. The summed E-state index contributed by atoms with van der Waals surface area (Å²) in [6.45, 7) is 2.12. The first-order valence-corrected chi connectivity index (χ1v) is 8.12. The fraction of sp³-hybridized carbons (Fsp3) is 0.167. The van der Waals surface area contributed by atoms with Gasteiger partial charge in [-0.1, -0.05) is 23.7 Å². The van der Waals surface area contributed by atoms with Crippen molar-refractivity contribution in [1.29, 1.82) is 0 Å². The van der Waals surface area contributed by atoms with Crippen molar-refractivity contribution in [2.24, 2.45) is 0 Å². The van der Waals surface area contributed by atoms with Gasteiger partial charge in [0.25, 0.3) is 11.5 Å². The van der Waals surface area contributed by atoms with Crippen LogP contribution in [-0.2, 0) is 6.54 Å². The van der Waals surface area contributed by atoms with Gasteiger partial charge < -0.3 is 19.4 Å². The van der Waals surface area contributed by atoms with Crippen LogP contribution in [0.4, 0.5) is 0 Å². The van der Waals surface area contributed by atoms with Crippen LogP contribution in [0, 0.1) is 6.92 Å². The first kappa shape index (κ1) is 17.8. The van der Waals surface area contributed by atoms with Crippen molar-refractivity contribution in [3.63, 3.8) is 0 Å². The molecule has 1 amide bonds. The second-order valence-corrected chi connectivity index (χ2v) is 6.24. The van der Waals surface area contributed by atoms with E-state index in [1.165, 1.54) is 11.2 Å². The maximum Gasteiger partial charge on any atom is 0.294 e. The number of aromatic hydroxyl groups is 1. The monoisotopic (exact) mass is 373 g/mol. The fourth-order valence-electron chi connectivity index (χ4n) is 2.41. The number of rotatable bonds is 4. The summed E-state index contributed by atoms with van der Waals surface area (Å²) in [5.74, 6) is -0.991. The van der Waals surface area contributed by atoms with Gasteiger partial charge in [-0.2, -0.15) is 0 Å². The molecule has 26 heavy (non-hydrogen) atoms. The van der Waals surface area contributed by atoms with Gasteiger partial charge in [-0.25, -0.2) is 4.98 Å². The number of halogens is 1. The fourth-order valence-corrected chi connectivity index (χ4v) is 2.61. The summed E-state index contributed by atoms with van der Waals surface area (Å²) < 4.78 is 5.18. The van der Waals surface area contributed by atoms with Gasteiger partial charge in [-0.05, 0) is 36.2 Å². The molecule has 2 aromatic heterocycles. The van der Waals surface area contributed by atoms with Crippen LogP contribution in [0.1, 0.15) is 21.6 Å². The topological polar surface area (TPSA) is 99.4 Å². The van der Waals surface area contributed by atoms with E-state index >= 15 is 0 Å². The Hall–Kier alpha value is -3.06. The van der Waals surface area contributed by atoms with Gasteiger partial charge in [0.05, 0.1) is 6.26 Å². The van der Waals surface area contributed by atoms with Crippen LogP contribution in [0.25, 0.3) is 11.6 Å². The molecule has 1 aromatic carbocycles. The SMILES string of the molecule is Cc1ccc(CN(C)C(=O)c2nc(-c3ccco3)[nH]c(=O)c2O)cc1Cl. The summed E-state index contributed by atoms with van der Waals surface area (Å²) in [5.41, 5.74) is 0.579. The summed E-state index contributed by atoms with van der Waals surface area (Å²) in [6.07, 6.45) is 1.41. The second kappa shape index (κ2) is 7.05. The zero-order chi connectivity index (χ0) is 18.8. The highest BCUT2D eigenvalue weighted by atomic mass is 35.5. The van der Waals surface area contributed by atoms with Crippen LogP contribution < -0.4 is 5.56 Å². The Kier molecular flexibility index (Phi) is 4.81. The van der Waals surface area contributed by atoms with E-state index < -0.39 is 17.2 Å². The van der Waals surface area contributed by atoms with E-state index in [9.17, 15) is 14.7 Å². The third-order valence-electron chi connectivity index (χ3n) is 3.85. The van der Waals surface area contributed by atoms with E-state index in [0.717, 1.165) is 11.1 Å². The molecule has 0 fully saturated rings. The third-order valence-corrected chi connectivity index (χ3v) is 4.26. The Morgan fingerprint density at radius 3 is 2.81 bits per heavy atom. The Bertz CT molecular complexity index is 1010. The Balaban J connectivity index is 1.91. The lowest BCUT2D eigenvalue weighted by molar-refractivity contribution is 0.0775. The largest absolute Gasteiger partial charge is 0.501 e. The molecule has 8 heteroatoms. The molecule has 0 aliphatic heterocycles. The van der Waals surface area contributed by atoms with Gasteiger partial charge in [0.2, 0.25) is 5.75 Å². The first-order valence-electron chi connectivity index (χ1n) is 7.74. The predicted molar refractivity (Wildman–Crippen MR) is 96.2 cm³/mol. The van der Waals surface area contributed by atoms with Crippen molar-refractivity contribution in [3.05, 3.63) is 68.8 Å². The van der Waals surface area contributed by atoms with E-state index in [1.807, 2.05) is 19.1 Å². The molecule has 7 nitrogen and oxygen atoms in total. The maximum atomic E-state index is 12.7. The highest BCUT2D eigenvalue weighted by Crippen LogP contribution is 2.20. The standard InChI is InChI=1S/C18H16ClN3O4/c1-10-5-6-11(8-12(10)19)9-22(2)18(25)14-15(23)17(24)21-16(20-14)13-4-3-7-26-13/h3-8,23H,9H2,1-2H3,(H,20,21,24). The number of carbonyl (C=O) groups is 1. The molecule has 0 unspecified atom stereocenters. The van der Waals surface area contributed by atoms with E-state index in [1.54, 1.807) is 25.2 Å². The summed E-state index contributed by atoms with van der Waals surface area (Å²) in [6, 6.07) is 8.68. The average Bonchev–Trinajstić information content (AvgIpc) is 3.14. The number of aryl methyl sites for hydroxylation is 1.